The van der Waals surface area contributed by atoms with Gasteiger partial charge >= 0.3 is 12.7 Å². The van der Waals surface area contributed by atoms with Gasteiger partial charge in [0, 0.05) is 18.4 Å². The van der Waals surface area contributed by atoms with Gasteiger partial charge < -0.3 is 9.47 Å². The van der Waals surface area contributed by atoms with E-state index in [0.717, 1.165) is 18.2 Å². The number of allylic oxidation sites excluding steroid dienone is 2. The molecule has 0 aliphatic heterocycles. The van der Waals surface area contributed by atoms with Gasteiger partial charge in [-0.15, -0.1) is 26.3 Å². The molecule has 2 rings (SSSR count). The molecule has 9 heteroatoms. The highest BCUT2D eigenvalue weighted by molar-refractivity contribution is 6.00. The molecule has 1 aromatic carbocycles. The summed E-state index contributed by atoms with van der Waals surface area (Å²) in [5, 5.41) is 0. The Kier molecular flexibility index (Phi) is 5.30. The van der Waals surface area contributed by atoms with Crippen molar-refractivity contribution in [1.82, 2.24) is 0 Å². The fraction of sp³-hybridized carbons (Fsp3) is 0.312. The van der Waals surface area contributed by atoms with E-state index < -0.39 is 42.4 Å². The lowest BCUT2D eigenvalue weighted by Gasteiger charge is -2.15. The van der Waals surface area contributed by atoms with Crippen LogP contribution in [0.4, 0.5) is 26.3 Å². The highest BCUT2D eigenvalue weighted by Crippen LogP contribution is 2.29. The molecule has 0 fully saturated rings. The van der Waals surface area contributed by atoms with Crippen LogP contribution in [0.5, 0.6) is 5.75 Å². The SMILES string of the molecule is O=C(c1cccc(OC(F)(F)F)c1)C1C#CCC=C(OC(F)(F)F)C1. The topological polar surface area (TPSA) is 35.5 Å². The molecule has 1 aliphatic carbocycles. The molecule has 0 heterocycles. The molecule has 3 nitrogen and oxygen atoms in total. The van der Waals surface area contributed by atoms with E-state index in [-0.39, 0.29) is 12.0 Å². The highest BCUT2D eigenvalue weighted by atomic mass is 19.4. The number of Topliss-reactive ketones (excluding diaryl/α,β-unsaturated/α-hetero) is 1. The molecule has 0 aromatic heterocycles. The van der Waals surface area contributed by atoms with Gasteiger partial charge in [-0.05, 0) is 18.2 Å². The van der Waals surface area contributed by atoms with E-state index in [4.69, 9.17) is 0 Å². The first kappa shape index (κ1) is 18.7. The summed E-state index contributed by atoms with van der Waals surface area (Å²) in [7, 11) is 0. The smallest absolute Gasteiger partial charge is 0.411 e. The zero-order valence-corrected chi connectivity index (χ0v) is 12.4. The maximum absolute atomic E-state index is 12.4. The van der Waals surface area contributed by atoms with Crippen LogP contribution in [0.1, 0.15) is 23.2 Å². The van der Waals surface area contributed by atoms with Crippen LogP contribution in [-0.4, -0.2) is 18.5 Å². The summed E-state index contributed by atoms with van der Waals surface area (Å²) in [4.78, 5) is 12.4. The highest BCUT2D eigenvalue weighted by Gasteiger charge is 2.34. The fourth-order valence-corrected chi connectivity index (χ4v) is 2.12. The minimum absolute atomic E-state index is 0.0353. The molecule has 0 saturated heterocycles. The maximum atomic E-state index is 12.4. The summed E-state index contributed by atoms with van der Waals surface area (Å²) in [6, 6.07) is 4.26. The minimum Gasteiger partial charge on any atom is -0.411 e. The zero-order chi connectivity index (χ0) is 18.7. The van der Waals surface area contributed by atoms with Crippen LogP contribution in [0.2, 0.25) is 0 Å². The molecular weight excluding hydrogens is 354 g/mol. The van der Waals surface area contributed by atoms with E-state index in [1.165, 1.54) is 12.1 Å². The van der Waals surface area contributed by atoms with Crippen LogP contribution in [-0.2, 0) is 4.74 Å². The van der Waals surface area contributed by atoms with E-state index in [9.17, 15) is 31.1 Å². The van der Waals surface area contributed by atoms with Crippen LogP contribution in [0.25, 0.3) is 0 Å². The predicted octanol–water partition coefficient (Wildman–Crippen LogP) is 4.60. The van der Waals surface area contributed by atoms with E-state index in [1.807, 2.05) is 0 Å². The van der Waals surface area contributed by atoms with Crippen molar-refractivity contribution in [2.24, 2.45) is 5.92 Å². The lowest BCUT2D eigenvalue weighted by molar-refractivity contribution is -0.306. The lowest BCUT2D eigenvalue weighted by Crippen LogP contribution is -2.19. The average Bonchev–Trinajstić information content (AvgIpc) is 2.68. The molecule has 1 aliphatic rings. The number of carbonyl (C=O) groups excluding carboxylic acids is 1. The Labute approximate surface area is 138 Å². The first-order chi connectivity index (χ1) is 11.5. The first-order valence-electron chi connectivity index (χ1n) is 6.87. The van der Waals surface area contributed by atoms with Crippen molar-refractivity contribution in [3.63, 3.8) is 0 Å². The molecule has 0 spiro atoms. The molecule has 0 saturated carbocycles. The van der Waals surface area contributed by atoms with Gasteiger partial charge in [0.25, 0.3) is 0 Å². The second kappa shape index (κ2) is 7.09. The van der Waals surface area contributed by atoms with Crippen LogP contribution < -0.4 is 4.74 Å². The van der Waals surface area contributed by atoms with Gasteiger partial charge in [0.1, 0.15) is 11.5 Å². The third-order valence-corrected chi connectivity index (χ3v) is 3.03. The van der Waals surface area contributed by atoms with Crippen LogP contribution >= 0.6 is 0 Å². The predicted molar refractivity (Wildman–Crippen MR) is 73.2 cm³/mol. The van der Waals surface area contributed by atoms with Gasteiger partial charge in [0.15, 0.2) is 5.78 Å². The summed E-state index contributed by atoms with van der Waals surface area (Å²) in [5.41, 5.74) is -0.158. The van der Waals surface area contributed by atoms with E-state index in [2.05, 4.69) is 21.3 Å². The van der Waals surface area contributed by atoms with E-state index in [0.29, 0.717) is 0 Å². The number of carbonyl (C=O) groups is 1. The first-order valence-corrected chi connectivity index (χ1v) is 6.87. The van der Waals surface area contributed by atoms with Crippen molar-refractivity contribution in [3.8, 4) is 17.6 Å². The quantitative estimate of drug-likeness (QED) is 0.445. The van der Waals surface area contributed by atoms with Crippen molar-refractivity contribution >= 4 is 5.78 Å². The Hall–Kier alpha value is -2.63. The Morgan fingerprint density at radius 2 is 1.76 bits per heavy atom. The third kappa shape index (κ3) is 6.06. The standard InChI is InChI=1S/C16H10F6O3/c17-15(18,19)24-12-6-2-1-4-10(8-12)14(23)11-5-3-7-13(9-11)25-16(20,21)22/h3,5-7,9-10H,2,8H2. The lowest BCUT2D eigenvalue weighted by atomic mass is 9.94. The van der Waals surface area contributed by atoms with Crippen LogP contribution in [0.15, 0.2) is 36.1 Å². The summed E-state index contributed by atoms with van der Waals surface area (Å²) < 4.78 is 81.2. The fourth-order valence-electron chi connectivity index (χ4n) is 2.12. The van der Waals surface area contributed by atoms with E-state index in [1.54, 1.807) is 0 Å². The number of hydrogen-bond acceptors (Lipinski definition) is 3. The Balaban J connectivity index is 2.17. The van der Waals surface area contributed by atoms with Gasteiger partial charge in [-0.1, -0.05) is 24.0 Å². The molecule has 0 amide bonds. The van der Waals surface area contributed by atoms with Gasteiger partial charge in [0.05, 0.1) is 5.92 Å². The van der Waals surface area contributed by atoms with Crippen LogP contribution in [0.3, 0.4) is 0 Å². The molecule has 0 N–H and O–H groups in total. The number of halogens is 6. The number of rotatable bonds is 4. The normalized spacial score (nSPS) is 17.7. The number of alkyl halides is 6. The minimum atomic E-state index is -4.93. The van der Waals surface area contributed by atoms with Gasteiger partial charge in [-0.2, -0.15) is 0 Å². The maximum Gasteiger partial charge on any atom is 0.573 e. The molecule has 0 bridgehead atoms. The number of hydrogen-bond donors (Lipinski definition) is 0. The summed E-state index contributed by atoms with van der Waals surface area (Å²) in [5.74, 6) is 2.03. The van der Waals surface area contributed by atoms with Gasteiger partial charge in [0.2, 0.25) is 0 Å². The Morgan fingerprint density at radius 3 is 2.40 bits per heavy atom. The molecule has 0 radical (unpaired) electrons. The molecule has 1 unspecified atom stereocenters. The average molecular weight is 364 g/mol. The van der Waals surface area contributed by atoms with Crippen LogP contribution in [0, 0.1) is 17.8 Å². The molecule has 25 heavy (non-hydrogen) atoms. The second-order valence-corrected chi connectivity index (χ2v) is 4.94. The number of ether oxygens (including phenoxy) is 2. The molecule has 134 valence electrons. The Morgan fingerprint density at radius 1 is 1.08 bits per heavy atom. The zero-order valence-electron chi connectivity index (χ0n) is 12.4. The summed E-state index contributed by atoms with van der Waals surface area (Å²) in [6.07, 6.45) is -9.20. The molecular formula is C16H10F6O3. The van der Waals surface area contributed by atoms with Crippen molar-refractivity contribution in [3.05, 3.63) is 41.7 Å². The van der Waals surface area contributed by atoms with Gasteiger partial charge in [-0.3, -0.25) is 4.79 Å². The van der Waals surface area contributed by atoms with Crippen molar-refractivity contribution in [2.45, 2.75) is 25.6 Å². The summed E-state index contributed by atoms with van der Waals surface area (Å²) in [6.45, 7) is 0. The molecule has 1 atom stereocenters. The molecule has 1 aromatic rings. The number of benzene rings is 1. The second-order valence-electron chi connectivity index (χ2n) is 4.94. The Bertz CT molecular complexity index is 737. The van der Waals surface area contributed by atoms with Gasteiger partial charge in [-0.25, -0.2) is 0 Å². The van der Waals surface area contributed by atoms with Crippen molar-refractivity contribution in [2.75, 3.05) is 0 Å². The third-order valence-electron chi connectivity index (χ3n) is 3.03. The van der Waals surface area contributed by atoms with Crippen molar-refractivity contribution < 1.29 is 40.6 Å². The largest absolute Gasteiger partial charge is 0.573 e. The number of ketones is 1. The summed E-state index contributed by atoms with van der Waals surface area (Å²) >= 11 is 0. The van der Waals surface area contributed by atoms with E-state index >= 15 is 0 Å². The monoisotopic (exact) mass is 364 g/mol. The van der Waals surface area contributed by atoms with Crippen molar-refractivity contribution in [1.29, 1.82) is 0 Å².